The van der Waals surface area contributed by atoms with Crippen molar-refractivity contribution in [1.29, 1.82) is 0 Å². The van der Waals surface area contributed by atoms with Crippen LogP contribution in [0.15, 0.2) is 0 Å². The van der Waals surface area contributed by atoms with Gasteiger partial charge in [-0.05, 0) is 43.9 Å². The van der Waals surface area contributed by atoms with Gasteiger partial charge in [-0.2, -0.15) is 0 Å². The van der Waals surface area contributed by atoms with Gasteiger partial charge in [0.2, 0.25) is 0 Å². The van der Waals surface area contributed by atoms with E-state index in [2.05, 4.69) is 33.0 Å². The molecule has 0 spiro atoms. The van der Waals surface area contributed by atoms with E-state index in [0.717, 1.165) is 5.92 Å². The van der Waals surface area contributed by atoms with Gasteiger partial charge >= 0.3 is 0 Å². The Hall–Kier alpha value is -0.0400. The highest BCUT2D eigenvalue weighted by Gasteiger charge is 2.31. The summed E-state index contributed by atoms with van der Waals surface area (Å²) in [4.78, 5) is 0. The average molecular weight is 197 g/mol. The highest BCUT2D eigenvalue weighted by molar-refractivity contribution is 4.85. The highest BCUT2D eigenvalue weighted by Crippen LogP contribution is 2.39. The first-order valence-corrected chi connectivity index (χ1v) is 6.25. The smallest absolute Gasteiger partial charge is 0.00390 e. The Morgan fingerprint density at radius 1 is 1.14 bits per heavy atom. The second-order valence-electron chi connectivity index (χ2n) is 5.92. The Morgan fingerprint density at radius 2 is 1.79 bits per heavy atom. The molecule has 1 atom stereocenters. The minimum absolute atomic E-state index is 0.631. The summed E-state index contributed by atoms with van der Waals surface area (Å²) in [6.45, 7) is 10.6. The first kappa shape index (κ1) is 12.0. The van der Waals surface area contributed by atoms with Gasteiger partial charge in [0.05, 0.1) is 0 Å². The molecule has 1 aliphatic rings. The third-order valence-electron chi connectivity index (χ3n) is 3.61. The molecule has 0 aromatic heterocycles. The van der Waals surface area contributed by atoms with E-state index >= 15 is 0 Å². The lowest BCUT2D eigenvalue weighted by atomic mass is 9.70. The molecular weight excluding hydrogens is 170 g/mol. The van der Waals surface area contributed by atoms with Crippen molar-refractivity contribution in [3.8, 4) is 0 Å². The van der Waals surface area contributed by atoms with Crippen LogP contribution in [-0.2, 0) is 0 Å². The molecule has 0 bridgehead atoms. The summed E-state index contributed by atoms with van der Waals surface area (Å²) < 4.78 is 0. The van der Waals surface area contributed by atoms with Crippen molar-refractivity contribution in [2.24, 2.45) is 11.3 Å². The monoisotopic (exact) mass is 197 g/mol. The first-order valence-electron chi connectivity index (χ1n) is 6.25. The standard InChI is InChI=1S/C13H27N/c1-11(2)6-7-12(3)14-10-13(4)8-5-9-13/h11-12,14H,5-10H2,1-4H3. The number of rotatable bonds is 6. The predicted molar refractivity (Wildman–Crippen MR) is 63.5 cm³/mol. The summed E-state index contributed by atoms with van der Waals surface area (Å²) in [6, 6.07) is 0.704. The van der Waals surface area contributed by atoms with E-state index < -0.39 is 0 Å². The molecule has 0 aliphatic heterocycles. The average Bonchev–Trinajstić information content (AvgIpc) is 2.08. The SMILES string of the molecule is CC(C)CCC(C)NCC1(C)CCC1. The van der Waals surface area contributed by atoms with Gasteiger partial charge in [0.1, 0.15) is 0 Å². The van der Waals surface area contributed by atoms with Gasteiger partial charge in [0, 0.05) is 12.6 Å². The second-order valence-corrected chi connectivity index (χ2v) is 5.92. The van der Waals surface area contributed by atoms with Crippen molar-refractivity contribution in [1.82, 2.24) is 5.32 Å². The van der Waals surface area contributed by atoms with Crippen LogP contribution in [-0.4, -0.2) is 12.6 Å². The number of hydrogen-bond acceptors (Lipinski definition) is 1. The van der Waals surface area contributed by atoms with Crippen molar-refractivity contribution in [3.63, 3.8) is 0 Å². The van der Waals surface area contributed by atoms with Gasteiger partial charge in [-0.3, -0.25) is 0 Å². The summed E-state index contributed by atoms with van der Waals surface area (Å²) in [5.41, 5.74) is 0.631. The van der Waals surface area contributed by atoms with Gasteiger partial charge in [0.15, 0.2) is 0 Å². The van der Waals surface area contributed by atoms with Crippen molar-refractivity contribution in [2.75, 3.05) is 6.54 Å². The van der Waals surface area contributed by atoms with Crippen molar-refractivity contribution in [2.45, 2.75) is 65.8 Å². The molecule has 0 aromatic rings. The first-order chi connectivity index (χ1) is 6.52. The second kappa shape index (κ2) is 5.16. The molecule has 1 saturated carbocycles. The number of hydrogen-bond donors (Lipinski definition) is 1. The summed E-state index contributed by atoms with van der Waals surface area (Å²) in [7, 11) is 0. The Kier molecular flexibility index (Phi) is 4.43. The van der Waals surface area contributed by atoms with Crippen molar-refractivity contribution >= 4 is 0 Å². The van der Waals surface area contributed by atoms with Gasteiger partial charge in [-0.25, -0.2) is 0 Å². The maximum Gasteiger partial charge on any atom is 0.00390 e. The molecule has 0 saturated heterocycles. The molecule has 1 aliphatic carbocycles. The van der Waals surface area contributed by atoms with Crippen LogP contribution < -0.4 is 5.32 Å². The molecule has 0 radical (unpaired) electrons. The van der Waals surface area contributed by atoms with E-state index in [1.54, 1.807) is 0 Å². The zero-order valence-electron chi connectivity index (χ0n) is 10.4. The molecule has 0 amide bonds. The topological polar surface area (TPSA) is 12.0 Å². The summed E-state index contributed by atoms with van der Waals surface area (Å²) >= 11 is 0. The maximum atomic E-state index is 3.68. The van der Waals surface area contributed by atoms with Crippen LogP contribution >= 0.6 is 0 Å². The van der Waals surface area contributed by atoms with Crippen molar-refractivity contribution in [3.05, 3.63) is 0 Å². The van der Waals surface area contributed by atoms with Gasteiger partial charge in [-0.1, -0.05) is 27.2 Å². The van der Waals surface area contributed by atoms with E-state index in [1.807, 2.05) is 0 Å². The molecular formula is C13H27N. The molecule has 84 valence electrons. The maximum absolute atomic E-state index is 3.68. The lowest BCUT2D eigenvalue weighted by Gasteiger charge is -2.39. The van der Waals surface area contributed by atoms with Crippen LogP contribution in [0.2, 0.25) is 0 Å². The predicted octanol–water partition coefficient (Wildman–Crippen LogP) is 3.59. The molecule has 14 heavy (non-hydrogen) atoms. The van der Waals surface area contributed by atoms with Crippen LogP contribution in [0.3, 0.4) is 0 Å². The third kappa shape index (κ3) is 4.00. The minimum atomic E-state index is 0.631. The van der Waals surface area contributed by atoms with Gasteiger partial charge in [-0.15, -0.1) is 0 Å². The Balaban J connectivity index is 2.05. The fourth-order valence-electron chi connectivity index (χ4n) is 2.06. The highest BCUT2D eigenvalue weighted by atomic mass is 14.9. The third-order valence-corrected chi connectivity index (χ3v) is 3.61. The molecule has 1 fully saturated rings. The molecule has 0 aromatic carbocycles. The quantitative estimate of drug-likeness (QED) is 0.686. The van der Waals surface area contributed by atoms with E-state index in [-0.39, 0.29) is 0 Å². The number of nitrogens with one attached hydrogen (secondary N) is 1. The van der Waals surface area contributed by atoms with E-state index in [1.165, 1.54) is 38.6 Å². The van der Waals surface area contributed by atoms with Crippen LogP contribution in [0.5, 0.6) is 0 Å². The lowest BCUT2D eigenvalue weighted by Crippen LogP contribution is -2.40. The van der Waals surface area contributed by atoms with E-state index in [0.29, 0.717) is 11.5 Å². The molecule has 0 heterocycles. The minimum Gasteiger partial charge on any atom is -0.314 e. The lowest BCUT2D eigenvalue weighted by molar-refractivity contribution is 0.150. The molecule has 1 rings (SSSR count). The molecule has 1 unspecified atom stereocenters. The summed E-state index contributed by atoms with van der Waals surface area (Å²) in [5, 5.41) is 3.68. The summed E-state index contributed by atoms with van der Waals surface area (Å²) in [6.07, 6.45) is 6.98. The summed E-state index contributed by atoms with van der Waals surface area (Å²) in [5.74, 6) is 0.846. The van der Waals surface area contributed by atoms with Crippen LogP contribution in [0.1, 0.15) is 59.8 Å². The normalized spacial score (nSPS) is 22.1. The van der Waals surface area contributed by atoms with Crippen LogP contribution in [0.25, 0.3) is 0 Å². The van der Waals surface area contributed by atoms with E-state index in [4.69, 9.17) is 0 Å². The van der Waals surface area contributed by atoms with Crippen molar-refractivity contribution < 1.29 is 0 Å². The largest absolute Gasteiger partial charge is 0.314 e. The molecule has 1 heteroatoms. The fraction of sp³-hybridized carbons (Fsp3) is 1.00. The van der Waals surface area contributed by atoms with Crippen LogP contribution in [0, 0.1) is 11.3 Å². The fourth-order valence-corrected chi connectivity index (χ4v) is 2.06. The van der Waals surface area contributed by atoms with E-state index in [9.17, 15) is 0 Å². The van der Waals surface area contributed by atoms with Gasteiger partial charge in [0.25, 0.3) is 0 Å². The van der Waals surface area contributed by atoms with Gasteiger partial charge < -0.3 is 5.32 Å². The molecule has 1 nitrogen and oxygen atoms in total. The zero-order valence-corrected chi connectivity index (χ0v) is 10.4. The van der Waals surface area contributed by atoms with Crippen LogP contribution in [0.4, 0.5) is 0 Å². The Labute approximate surface area is 89.7 Å². The Morgan fingerprint density at radius 3 is 2.21 bits per heavy atom. The molecule has 1 N–H and O–H groups in total. The Bertz CT molecular complexity index is 159. The zero-order chi connectivity index (χ0) is 10.6.